The number of carbonyl (C=O) groups excluding carboxylic acids is 1. The molecule has 1 aromatic rings. The van der Waals surface area contributed by atoms with Gasteiger partial charge in [0.05, 0.1) is 13.0 Å². The highest BCUT2D eigenvalue weighted by atomic mass is 32.1. The fourth-order valence-corrected chi connectivity index (χ4v) is 2.65. The second-order valence-electron chi connectivity index (χ2n) is 3.91. The molecule has 16 heavy (non-hydrogen) atoms. The van der Waals surface area contributed by atoms with Crippen LogP contribution in [0.3, 0.4) is 0 Å². The summed E-state index contributed by atoms with van der Waals surface area (Å²) in [6.07, 6.45) is 1.90. The summed E-state index contributed by atoms with van der Waals surface area (Å²) in [5.41, 5.74) is 0. The molecule has 0 spiro atoms. The van der Waals surface area contributed by atoms with Gasteiger partial charge in [0.15, 0.2) is 0 Å². The second kappa shape index (κ2) is 4.78. The third-order valence-corrected chi connectivity index (χ3v) is 3.64. The van der Waals surface area contributed by atoms with Gasteiger partial charge in [-0.25, -0.2) is 0 Å². The molecular formula is C10H15N3O2S. The van der Waals surface area contributed by atoms with Crippen molar-refractivity contribution in [2.75, 3.05) is 25.1 Å². The van der Waals surface area contributed by atoms with Gasteiger partial charge in [-0.15, -0.1) is 10.2 Å². The van der Waals surface area contributed by atoms with E-state index in [1.807, 2.05) is 6.92 Å². The number of hydrogen-bond donors (Lipinski definition) is 0. The van der Waals surface area contributed by atoms with Crippen molar-refractivity contribution < 1.29 is 9.53 Å². The van der Waals surface area contributed by atoms with Crippen LogP contribution in [0.2, 0.25) is 0 Å². The van der Waals surface area contributed by atoms with Gasteiger partial charge in [0.2, 0.25) is 5.13 Å². The van der Waals surface area contributed by atoms with Crippen LogP contribution in [-0.4, -0.2) is 36.4 Å². The summed E-state index contributed by atoms with van der Waals surface area (Å²) in [4.78, 5) is 13.6. The highest BCUT2D eigenvalue weighted by Gasteiger charge is 2.27. The number of rotatable bonds is 2. The molecule has 0 aromatic carbocycles. The standard InChI is InChI=1S/C10H15N3O2S/c1-7-11-12-10(16-7)13-5-3-4-8(6-13)9(14)15-2/h8H,3-6H2,1-2H3/t8-/m0/s1. The molecule has 1 atom stereocenters. The first-order valence-electron chi connectivity index (χ1n) is 5.33. The van der Waals surface area contributed by atoms with Crippen molar-refractivity contribution in [2.45, 2.75) is 19.8 Å². The first-order chi connectivity index (χ1) is 7.70. The third-order valence-electron chi connectivity index (χ3n) is 2.74. The van der Waals surface area contributed by atoms with Gasteiger partial charge in [0.1, 0.15) is 5.01 Å². The van der Waals surface area contributed by atoms with Crippen LogP contribution in [0.5, 0.6) is 0 Å². The van der Waals surface area contributed by atoms with E-state index in [2.05, 4.69) is 15.1 Å². The Balaban J connectivity index is 2.04. The molecule has 1 fully saturated rings. The number of piperidine rings is 1. The average Bonchev–Trinajstić information content (AvgIpc) is 2.75. The van der Waals surface area contributed by atoms with Crippen molar-refractivity contribution >= 4 is 22.4 Å². The number of methoxy groups -OCH3 is 1. The lowest BCUT2D eigenvalue weighted by Gasteiger charge is -2.30. The van der Waals surface area contributed by atoms with Crippen LogP contribution in [0.15, 0.2) is 0 Å². The lowest BCUT2D eigenvalue weighted by atomic mass is 9.99. The van der Waals surface area contributed by atoms with E-state index >= 15 is 0 Å². The first kappa shape index (κ1) is 11.3. The molecule has 5 nitrogen and oxygen atoms in total. The summed E-state index contributed by atoms with van der Waals surface area (Å²) in [6, 6.07) is 0. The summed E-state index contributed by atoms with van der Waals surface area (Å²) in [7, 11) is 1.44. The molecule has 1 saturated heterocycles. The average molecular weight is 241 g/mol. The largest absolute Gasteiger partial charge is 0.469 e. The fraction of sp³-hybridized carbons (Fsp3) is 0.700. The molecule has 0 radical (unpaired) electrons. The molecule has 0 bridgehead atoms. The molecule has 1 aliphatic heterocycles. The molecule has 0 unspecified atom stereocenters. The molecule has 0 aliphatic carbocycles. The van der Waals surface area contributed by atoms with E-state index in [-0.39, 0.29) is 11.9 Å². The van der Waals surface area contributed by atoms with Crippen LogP contribution in [-0.2, 0) is 9.53 Å². The number of nitrogens with zero attached hydrogens (tertiary/aromatic N) is 3. The van der Waals surface area contributed by atoms with Gasteiger partial charge < -0.3 is 9.64 Å². The summed E-state index contributed by atoms with van der Waals surface area (Å²) < 4.78 is 4.78. The Hall–Kier alpha value is -1.17. The molecule has 6 heteroatoms. The van der Waals surface area contributed by atoms with Crippen LogP contribution >= 0.6 is 11.3 Å². The van der Waals surface area contributed by atoms with Gasteiger partial charge in [0, 0.05) is 13.1 Å². The monoisotopic (exact) mass is 241 g/mol. The van der Waals surface area contributed by atoms with Gasteiger partial charge in [-0.2, -0.15) is 0 Å². The van der Waals surface area contributed by atoms with E-state index in [0.29, 0.717) is 6.54 Å². The minimum Gasteiger partial charge on any atom is -0.469 e. The molecule has 2 heterocycles. The topological polar surface area (TPSA) is 55.3 Å². The van der Waals surface area contributed by atoms with E-state index in [1.165, 1.54) is 7.11 Å². The van der Waals surface area contributed by atoms with Crippen LogP contribution in [0.1, 0.15) is 17.8 Å². The Bertz CT molecular complexity index is 380. The van der Waals surface area contributed by atoms with Crippen molar-refractivity contribution in [3.05, 3.63) is 5.01 Å². The number of ether oxygens (including phenoxy) is 1. The quantitative estimate of drug-likeness (QED) is 0.729. The van der Waals surface area contributed by atoms with E-state index in [4.69, 9.17) is 4.74 Å². The van der Waals surface area contributed by atoms with Crippen LogP contribution < -0.4 is 4.90 Å². The Kier molecular flexibility index (Phi) is 3.38. The van der Waals surface area contributed by atoms with Gasteiger partial charge in [-0.3, -0.25) is 4.79 Å². The Labute approximate surface area is 98.4 Å². The van der Waals surface area contributed by atoms with Gasteiger partial charge in [-0.05, 0) is 19.8 Å². The molecule has 1 aliphatic rings. The number of hydrogen-bond acceptors (Lipinski definition) is 6. The zero-order valence-electron chi connectivity index (χ0n) is 9.47. The van der Waals surface area contributed by atoms with E-state index in [1.54, 1.807) is 11.3 Å². The predicted octanol–water partition coefficient (Wildman–Crippen LogP) is 1.24. The minimum absolute atomic E-state index is 0.0250. The molecule has 88 valence electrons. The SMILES string of the molecule is COC(=O)[C@H]1CCCN(c2nnc(C)s2)C1. The highest BCUT2D eigenvalue weighted by Crippen LogP contribution is 2.26. The Morgan fingerprint density at radius 2 is 2.38 bits per heavy atom. The summed E-state index contributed by atoms with van der Waals surface area (Å²) in [6.45, 7) is 3.58. The summed E-state index contributed by atoms with van der Waals surface area (Å²) in [5, 5.41) is 9.96. The number of aromatic nitrogens is 2. The zero-order chi connectivity index (χ0) is 11.5. The fourth-order valence-electron chi connectivity index (χ4n) is 1.92. The zero-order valence-corrected chi connectivity index (χ0v) is 10.3. The molecule has 1 aromatic heterocycles. The van der Waals surface area contributed by atoms with Crippen molar-refractivity contribution in [3.8, 4) is 0 Å². The van der Waals surface area contributed by atoms with Crippen molar-refractivity contribution in [2.24, 2.45) is 5.92 Å². The molecule has 2 rings (SSSR count). The molecule has 0 amide bonds. The lowest BCUT2D eigenvalue weighted by molar-refractivity contribution is -0.145. The van der Waals surface area contributed by atoms with Gasteiger partial charge >= 0.3 is 5.97 Å². The normalized spacial score (nSPS) is 20.9. The van der Waals surface area contributed by atoms with E-state index < -0.39 is 0 Å². The smallest absolute Gasteiger partial charge is 0.310 e. The van der Waals surface area contributed by atoms with Crippen LogP contribution in [0.4, 0.5) is 5.13 Å². The van der Waals surface area contributed by atoms with E-state index in [9.17, 15) is 4.79 Å². The van der Waals surface area contributed by atoms with E-state index in [0.717, 1.165) is 29.5 Å². The molecular weight excluding hydrogens is 226 g/mol. The predicted molar refractivity (Wildman–Crippen MR) is 61.6 cm³/mol. The lowest BCUT2D eigenvalue weighted by Crippen LogP contribution is -2.39. The summed E-state index contributed by atoms with van der Waals surface area (Å²) in [5.74, 6) is -0.145. The van der Waals surface area contributed by atoms with Crippen molar-refractivity contribution in [1.82, 2.24) is 10.2 Å². The highest BCUT2D eigenvalue weighted by molar-refractivity contribution is 7.15. The van der Waals surface area contributed by atoms with Crippen molar-refractivity contribution in [1.29, 1.82) is 0 Å². The number of esters is 1. The first-order valence-corrected chi connectivity index (χ1v) is 6.15. The van der Waals surface area contributed by atoms with Gasteiger partial charge in [0.25, 0.3) is 0 Å². The van der Waals surface area contributed by atoms with Crippen LogP contribution in [0, 0.1) is 12.8 Å². The second-order valence-corrected chi connectivity index (χ2v) is 5.07. The number of anilines is 1. The van der Waals surface area contributed by atoms with Crippen molar-refractivity contribution in [3.63, 3.8) is 0 Å². The van der Waals surface area contributed by atoms with Gasteiger partial charge in [-0.1, -0.05) is 11.3 Å². The Morgan fingerprint density at radius 3 is 3.00 bits per heavy atom. The third kappa shape index (κ3) is 2.32. The Morgan fingerprint density at radius 1 is 1.56 bits per heavy atom. The maximum atomic E-state index is 11.5. The summed E-state index contributed by atoms with van der Waals surface area (Å²) >= 11 is 1.57. The maximum absolute atomic E-state index is 11.5. The number of aryl methyl sites for hydroxylation is 1. The maximum Gasteiger partial charge on any atom is 0.310 e. The molecule has 0 saturated carbocycles. The van der Waals surface area contributed by atoms with Crippen LogP contribution in [0.25, 0.3) is 0 Å². The number of carbonyl (C=O) groups is 1. The molecule has 0 N–H and O–H groups in total. The minimum atomic E-state index is -0.120.